The SMILES string of the molecule is C=C[C@H](O)C(=O)N1CC[C@H](Oc2ccc(-c3ncnc(Nc4ccc(N5CCN(C6COC6)CC5)c(C(F)F)c4)n3)cc2C#N)[C@H](F)C1. The second-order valence-electron chi connectivity index (χ2n) is 11.8. The van der Waals surface area contributed by atoms with Crippen LogP contribution in [0.1, 0.15) is 24.0 Å². The number of aromatic nitrogens is 3. The van der Waals surface area contributed by atoms with Crippen LogP contribution in [0.5, 0.6) is 5.75 Å². The number of piperidine rings is 1. The number of anilines is 3. The van der Waals surface area contributed by atoms with Gasteiger partial charge >= 0.3 is 0 Å². The van der Waals surface area contributed by atoms with Crippen molar-refractivity contribution in [1.29, 1.82) is 5.26 Å². The van der Waals surface area contributed by atoms with Gasteiger partial charge < -0.3 is 29.7 Å². The summed E-state index contributed by atoms with van der Waals surface area (Å²) in [6.45, 7) is 7.58. The van der Waals surface area contributed by atoms with Crippen molar-refractivity contribution in [3.05, 3.63) is 66.5 Å². The molecule has 12 nitrogen and oxygen atoms in total. The van der Waals surface area contributed by atoms with Crippen LogP contribution in [0.3, 0.4) is 0 Å². The molecule has 1 amide bonds. The standard InChI is InChI=1S/C33H35F3N8O4/c1-2-27(45)32(46)44-8-7-29(25(34)16-44)48-28-6-3-20(13-21(28)15-37)31-38-19-39-33(41-31)40-22-4-5-26(24(14-22)30(35)36)43-11-9-42(10-12-43)23-17-47-18-23/h2-6,13-14,19,23,25,27,29-30,45H,1,7-12,16-18H2,(H,38,39,40,41)/t25-,27+,29+/m1/s1. The van der Waals surface area contributed by atoms with Gasteiger partial charge in [0.25, 0.3) is 12.3 Å². The van der Waals surface area contributed by atoms with Gasteiger partial charge in [0.15, 0.2) is 18.1 Å². The first kappa shape index (κ1) is 33.1. The van der Waals surface area contributed by atoms with Gasteiger partial charge in [0.1, 0.15) is 24.3 Å². The van der Waals surface area contributed by atoms with Crippen molar-refractivity contribution in [3.63, 3.8) is 0 Å². The van der Waals surface area contributed by atoms with E-state index >= 15 is 0 Å². The van der Waals surface area contributed by atoms with Crippen molar-refractivity contribution in [1.82, 2.24) is 24.8 Å². The van der Waals surface area contributed by atoms with E-state index < -0.39 is 30.7 Å². The van der Waals surface area contributed by atoms with Crippen LogP contribution in [-0.4, -0.2) is 113 Å². The molecule has 2 aromatic carbocycles. The van der Waals surface area contributed by atoms with Crippen LogP contribution in [0.2, 0.25) is 0 Å². The molecule has 3 aromatic rings. The van der Waals surface area contributed by atoms with Crippen LogP contribution in [0.25, 0.3) is 11.4 Å². The molecule has 252 valence electrons. The minimum absolute atomic E-state index is 0.0916. The minimum atomic E-state index is -2.69. The maximum atomic E-state index is 15.0. The lowest BCUT2D eigenvalue weighted by Crippen LogP contribution is -2.56. The summed E-state index contributed by atoms with van der Waals surface area (Å²) in [5.74, 6) is -0.140. The molecule has 0 bridgehead atoms. The molecule has 3 aliphatic heterocycles. The van der Waals surface area contributed by atoms with Gasteiger partial charge in [-0.2, -0.15) is 10.2 Å². The Hall–Kier alpha value is -4.78. The Kier molecular flexibility index (Phi) is 10.0. The van der Waals surface area contributed by atoms with Crippen LogP contribution in [0.15, 0.2) is 55.4 Å². The van der Waals surface area contributed by atoms with Crippen LogP contribution in [0, 0.1) is 11.3 Å². The Morgan fingerprint density at radius 3 is 2.60 bits per heavy atom. The first-order chi connectivity index (χ1) is 23.2. The van der Waals surface area contributed by atoms with Gasteiger partial charge in [0.05, 0.1) is 31.4 Å². The number of nitrogens with one attached hydrogen (secondary N) is 1. The largest absolute Gasteiger partial charge is 0.486 e. The molecule has 0 unspecified atom stereocenters. The average Bonchev–Trinajstić information content (AvgIpc) is 3.08. The molecule has 3 fully saturated rings. The van der Waals surface area contributed by atoms with Gasteiger partial charge in [-0.1, -0.05) is 12.7 Å². The Morgan fingerprint density at radius 1 is 1.15 bits per heavy atom. The predicted octanol–water partition coefficient (Wildman–Crippen LogP) is 3.48. The van der Waals surface area contributed by atoms with Crippen molar-refractivity contribution in [2.45, 2.75) is 37.3 Å². The van der Waals surface area contributed by atoms with Crippen molar-refractivity contribution in [2.75, 3.05) is 62.7 Å². The number of rotatable bonds is 10. The Labute approximate surface area is 275 Å². The first-order valence-electron chi connectivity index (χ1n) is 15.6. The number of amides is 1. The van der Waals surface area contributed by atoms with Crippen molar-refractivity contribution in [3.8, 4) is 23.2 Å². The first-order valence-corrected chi connectivity index (χ1v) is 15.6. The maximum absolute atomic E-state index is 15.0. The van der Waals surface area contributed by atoms with Crippen LogP contribution < -0.4 is 15.0 Å². The number of piperazine rings is 1. The number of likely N-dealkylation sites (tertiary alicyclic amines) is 1. The minimum Gasteiger partial charge on any atom is -0.486 e. The highest BCUT2D eigenvalue weighted by atomic mass is 19.3. The molecule has 0 saturated carbocycles. The number of ether oxygens (including phenoxy) is 2. The molecule has 0 aliphatic carbocycles. The highest BCUT2D eigenvalue weighted by Crippen LogP contribution is 2.34. The number of aliphatic hydroxyl groups is 1. The Balaban J connectivity index is 1.12. The quantitative estimate of drug-likeness (QED) is 0.308. The number of hydrogen-bond acceptors (Lipinski definition) is 11. The number of halogens is 3. The summed E-state index contributed by atoms with van der Waals surface area (Å²) in [5.41, 5.74) is 1.36. The molecule has 4 heterocycles. The molecule has 0 spiro atoms. The summed E-state index contributed by atoms with van der Waals surface area (Å²) in [6, 6.07) is 11.9. The van der Waals surface area contributed by atoms with Crippen LogP contribution in [0.4, 0.5) is 30.5 Å². The fraction of sp³-hybridized carbons (Fsp3) is 0.424. The summed E-state index contributed by atoms with van der Waals surface area (Å²) in [4.78, 5) is 30.5. The lowest BCUT2D eigenvalue weighted by molar-refractivity contribution is -0.141. The highest BCUT2D eigenvalue weighted by molar-refractivity contribution is 5.82. The van der Waals surface area contributed by atoms with Crippen molar-refractivity contribution in [2.24, 2.45) is 0 Å². The maximum Gasteiger partial charge on any atom is 0.265 e. The fourth-order valence-electron chi connectivity index (χ4n) is 6.01. The van der Waals surface area contributed by atoms with E-state index in [0.717, 1.165) is 32.4 Å². The number of benzene rings is 2. The van der Waals surface area contributed by atoms with E-state index in [2.05, 4.69) is 37.8 Å². The number of alkyl halides is 3. The zero-order valence-corrected chi connectivity index (χ0v) is 26.0. The van der Waals surface area contributed by atoms with Gasteiger partial charge in [0.2, 0.25) is 5.95 Å². The van der Waals surface area contributed by atoms with Gasteiger partial charge in [-0.05, 0) is 36.4 Å². The number of carbonyl (C=O) groups is 1. The van der Waals surface area contributed by atoms with Crippen LogP contribution >= 0.6 is 0 Å². The number of aliphatic hydroxyl groups excluding tert-OH is 1. The summed E-state index contributed by atoms with van der Waals surface area (Å²) in [6.07, 6.45) is -4.03. The third kappa shape index (κ3) is 7.20. The lowest BCUT2D eigenvalue weighted by atomic mass is 10.0. The monoisotopic (exact) mass is 664 g/mol. The molecule has 1 aromatic heterocycles. The Bertz CT molecular complexity index is 1680. The van der Waals surface area contributed by atoms with Crippen molar-refractivity contribution >= 4 is 23.2 Å². The molecule has 48 heavy (non-hydrogen) atoms. The average molecular weight is 665 g/mol. The van der Waals surface area contributed by atoms with E-state index in [4.69, 9.17) is 9.47 Å². The normalized spacial score (nSPS) is 20.9. The smallest absolute Gasteiger partial charge is 0.265 e. The summed E-state index contributed by atoms with van der Waals surface area (Å²) in [7, 11) is 0. The van der Waals surface area contributed by atoms with E-state index in [1.54, 1.807) is 18.2 Å². The third-order valence-electron chi connectivity index (χ3n) is 8.79. The summed E-state index contributed by atoms with van der Waals surface area (Å²) in [5, 5.41) is 22.5. The highest BCUT2D eigenvalue weighted by Gasteiger charge is 2.35. The molecular formula is C33H35F3N8O4. The molecule has 3 aliphatic rings. The molecule has 6 rings (SSSR count). The number of hydrogen-bond donors (Lipinski definition) is 2. The molecule has 0 radical (unpaired) electrons. The molecule has 3 saturated heterocycles. The zero-order valence-electron chi connectivity index (χ0n) is 26.0. The van der Waals surface area contributed by atoms with E-state index in [1.165, 1.54) is 29.4 Å². The van der Waals surface area contributed by atoms with E-state index in [9.17, 15) is 28.3 Å². The second kappa shape index (κ2) is 14.5. The molecule has 3 atom stereocenters. The third-order valence-corrected chi connectivity index (χ3v) is 8.79. The number of nitrogens with zero attached hydrogens (tertiary/aromatic N) is 7. The molecule has 2 N–H and O–H groups in total. The van der Waals surface area contributed by atoms with Crippen molar-refractivity contribution < 1.29 is 32.5 Å². The number of carbonyl (C=O) groups excluding carboxylic acids is 1. The second-order valence-corrected chi connectivity index (χ2v) is 11.8. The molecule has 15 heteroatoms. The van der Waals surface area contributed by atoms with Gasteiger partial charge in [-0.3, -0.25) is 9.69 Å². The number of nitriles is 1. The van der Waals surface area contributed by atoms with Gasteiger partial charge in [-0.25, -0.2) is 23.1 Å². The predicted molar refractivity (Wildman–Crippen MR) is 170 cm³/mol. The van der Waals surface area contributed by atoms with E-state index in [-0.39, 0.29) is 48.2 Å². The Morgan fingerprint density at radius 2 is 1.94 bits per heavy atom. The van der Waals surface area contributed by atoms with E-state index in [1.807, 2.05) is 4.90 Å². The lowest BCUT2D eigenvalue weighted by Gasteiger charge is -2.43. The van der Waals surface area contributed by atoms with Crippen LogP contribution in [-0.2, 0) is 9.53 Å². The molecular weight excluding hydrogens is 629 g/mol. The summed E-state index contributed by atoms with van der Waals surface area (Å²) < 4.78 is 54.5. The topological polar surface area (TPSA) is 140 Å². The summed E-state index contributed by atoms with van der Waals surface area (Å²) >= 11 is 0. The fourth-order valence-corrected chi connectivity index (χ4v) is 6.01. The zero-order chi connectivity index (χ0) is 33.8. The van der Waals surface area contributed by atoms with E-state index in [0.29, 0.717) is 36.1 Å². The van der Waals surface area contributed by atoms with Gasteiger partial charge in [-0.15, -0.1) is 0 Å². The van der Waals surface area contributed by atoms with Gasteiger partial charge in [0, 0.05) is 61.6 Å².